The number of rotatable bonds is 2. The first-order valence-electron chi connectivity index (χ1n) is 8.08. The Hall–Kier alpha value is -2.73. The lowest BCUT2D eigenvalue weighted by molar-refractivity contribution is 0.0734. The van der Waals surface area contributed by atoms with Crippen molar-refractivity contribution in [1.82, 2.24) is 14.7 Å². The molecule has 0 aliphatic carbocycles. The van der Waals surface area contributed by atoms with Crippen LogP contribution in [0, 0.1) is 11.6 Å². The van der Waals surface area contributed by atoms with Gasteiger partial charge in [0.05, 0.1) is 11.8 Å². The van der Waals surface area contributed by atoms with Crippen LogP contribution in [0.4, 0.5) is 8.78 Å². The Kier molecular flexibility index (Phi) is 4.20. The summed E-state index contributed by atoms with van der Waals surface area (Å²) >= 11 is 6.20. The van der Waals surface area contributed by atoms with Crippen LogP contribution in [-0.4, -0.2) is 27.1 Å². The van der Waals surface area contributed by atoms with Crippen molar-refractivity contribution in [3.63, 3.8) is 0 Å². The number of carbonyl (C=O) groups is 1. The van der Waals surface area contributed by atoms with Crippen LogP contribution in [-0.2, 0) is 13.0 Å². The second-order valence-corrected chi connectivity index (χ2v) is 6.53. The zero-order valence-corrected chi connectivity index (χ0v) is 14.4. The molecule has 0 spiro atoms. The van der Waals surface area contributed by atoms with Crippen LogP contribution in [0.3, 0.4) is 0 Å². The molecule has 4 rings (SSSR count). The van der Waals surface area contributed by atoms with Crippen molar-refractivity contribution < 1.29 is 13.6 Å². The Bertz CT molecular complexity index is 1000. The summed E-state index contributed by atoms with van der Waals surface area (Å²) < 4.78 is 28.2. The van der Waals surface area contributed by atoms with Gasteiger partial charge >= 0.3 is 0 Å². The van der Waals surface area contributed by atoms with Gasteiger partial charge in [-0.25, -0.2) is 13.5 Å². The zero-order chi connectivity index (χ0) is 18.3. The van der Waals surface area contributed by atoms with Gasteiger partial charge in [-0.3, -0.25) is 4.79 Å². The lowest BCUT2D eigenvalue weighted by atomic mass is 9.99. The summed E-state index contributed by atoms with van der Waals surface area (Å²) in [6.07, 6.45) is 3.52. The summed E-state index contributed by atoms with van der Waals surface area (Å²) in [5.41, 5.74) is 2.52. The number of amides is 1. The topological polar surface area (TPSA) is 38.1 Å². The molecular formula is C19H14ClF2N3O. The number of halogens is 3. The quantitative estimate of drug-likeness (QED) is 0.681. The minimum absolute atomic E-state index is 0.0845. The Morgan fingerprint density at radius 1 is 1.19 bits per heavy atom. The van der Waals surface area contributed by atoms with E-state index >= 15 is 0 Å². The highest BCUT2D eigenvalue weighted by Crippen LogP contribution is 2.27. The smallest absolute Gasteiger partial charge is 0.257 e. The second-order valence-electron chi connectivity index (χ2n) is 6.12. The van der Waals surface area contributed by atoms with Crippen LogP contribution < -0.4 is 0 Å². The summed E-state index contributed by atoms with van der Waals surface area (Å²) in [6.45, 7) is 1.01. The average molecular weight is 374 g/mol. The molecule has 1 aliphatic rings. The molecule has 7 heteroatoms. The highest BCUT2D eigenvalue weighted by atomic mass is 35.5. The first-order chi connectivity index (χ1) is 12.5. The fraction of sp³-hybridized carbons (Fsp3) is 0.158. The zero-order valence-electron chi connectivity index (χ0n) is 13.6. The molecule has 0 bridgehead atoms. The van der Waals surface area contributed by atoms with Crippen LogP contribution in [0.15, 0.2) is 48.8 Å². The molecule has 0 unspecified atom stereocenters. The minimum Gasteiger partial charge on any atom is -0.334 e. The van der Waals surface area contributed by atoms with E-state index in [0.29, 0.717) is 30.1 Å². The standard InChI is InChI=1S/C19H14ClF2N3O/c20-16-3-1-2-12-10-24(7-6-15(12)16)19(26)13-9-23-25(11-13)18-5-4-14(21)8-17(18)22/h1-5,8-9,11H,6-7,10H2. The van der Waals surface area contributed by atoms with E-state index in [-0.39, 0.29) is 11.6 Å². The highest BCUT2D eigenvalue weighted by Gasteiger charge is 2.24. The third-order valence-corrected chi connectivity index (χ3v) is 4.84. The fourth-order valence-electron chi connectivity index (χ4n) is 3.15. The molecule has 3 aromatic rings. The summed E-state index contributed by atoms with van der Waals surface area (Å²) in [5.74, 6) is -1.60. The van der Waals surface area contributed by atoms with E-state index in [1.165, 1.54) is 23.1 Å². The Labute approximate surface area is 153 Å². The Balaban J connectivity index is 1.57. The first kappa shape index (κ1) is 16.7. The molecule has 1 amide bonds. The first-order valence-corrected chi connectivity index (χ1v) is 8.46. The van der Waals surface area contributed by atoms with Crippen molar-refractivity contribution in [2.75, 3.05) is 6.54 Å². The predicted octanol–water partition coefficient (Wildman–Crippen LogP) is 4.00. The number of benzene rings is 2. The van der Waals surface area contributed by atoms with Gasteiger partial charge in [0.15, 0.2) is 5.82 Å². The number of carbonyl (C=O) groups excluding carboxylic acids is 1. The molecule has 0 radical (unpaired) electrons. The second kappa shape index (κ2) is 6.53. The van der Waals surface area contributed by atoms with E-state index in [1.54, 1.807) is 4.90 Å². The van der Waals surface area contributed by atoms with Crippen LogP contribution in [0.5, 0.6) is 0 Å². The minimum atomic E-state index is -0.742. The van der Waals surface area contributed by atoms with Gasteiger partial charge in [0.1, 0.15) is 11.5 Å². The van der Waals surface area contributed by atoms with E-state index in [4.69, 9.17) is 11.6 Å². The molecule has 2 aromatic carbocycles. The summed E-state index contributed by atoms with van der Waals surface area (Å²) in [6, 6.07) is 8.88. The maximum absolute atomic E-state index is 13.9. The van der Waals surface area contributed by atoms with Gasteiger partial charge in [0.2, 0.25) is 0 Å². The fourth-order valence-corrected chi connectivity index (χ4v) is 3.44. The normalized spacial score (nSPS) is 13.6. The average Bonchev–Trinajstić information content (AvgIpc) is 3.11. The number of fused-ring (bicyclic) bond motifs is 1. The number of hydrogen-bond acceptors (Lipinski definition) is 2. The van der Waals surface area contributed by atoms with E-state index < -0.39 is 11.6 Å². The molecule has 0 fully saturated rings. The molecule has 0 N–H and O–H groups in total. The maximum Gasteiger partial charge on any atom is 0.257 e. The van der Waals surface area contributed by atoms with Gasteiger partial charge in [-0.1, -0.05) is 23.7 Å². The molecule has 2 heterocycles. The SMILES string of the molecule is O=C(c1cnn(-c2ccc(F)cc2F)c1)N1CCc2c(Cl)cccc2C1. The van der Waals surface area contributed by atoms with Crippen molar-refractivity contribution >= 4 is 17.5 Å². The van der Waals surface area contributed by atoms with Crippen molar-refractivity contribution in [3.05, 3.63) is 82.1 Å². The summed E-state index contributed by atoms with van der Waals surface area (Å²) in [7, 11) is 0. The van der Waals surface area contributed by atoms with Gasteiger partial charge in [-0.05, 0) is 35.7 Å². The third-order valence-electron chi connectivity index (χ3n) is 4.48. The van der Waals surface area contributed by atoms with Gasteiger partial charge in [0, 0.05) is 30.4 Å². The van der Waals surface area contributed by atoms with Gasteiger partial charge < -0.3 is 4.90 Å². The van der Waals surface area contributed by atoms with Crippen LogP contribution in [0.1, 0.15) is 21.5 Å². The number of nitrogens with zero attached hydrogens (tertiary/aromatic N) is 3. The van der Waals surface area contributed by atoms with Crippen molar-refractivity contribution in [3.8, 4) is 5.69 Å². The number of hydrogen-bond donors (Lipinski definition) is 0. The van der Waals surface area contributed by atoms with Gasteiger partial charge in [-0.2, -0.15) is 5.10 Å². The van der Waals surface area contributed by atoms with Crippen LogP contribution in [0.2, 0.25) is 5.02 Å². The molecule has 1 aromatic heterocycles. The monoisotopic (exact) mass is 373 g/mol. The van der Waals surface area contributed by atoms with Crippen LogP contribution in [0.25, 0.3) is 5.69 Å². The largest absolute Gasteiger partial charge is 0.334 e. The maximum atomic E-state index is 13.9. The molecule has 132 valence electrons. The van der Waals surface area contributed by atoms with Gasteiger partial charge in [0.25, 0.3) is 5.91 Å². The molecule has 0 atom stereocenters. The summed E-state index contributed by atoms with van der Waals surface area (Å²) in [4.78, 5) is 14.5. The molecule has 4 nitrogen and oxygen atoms in total. The molecule has 0 saturated heterocycles. The van der Waals surface area contributed by atoms with E-state index in [0.717, 1.165) is 23.3 Å². The highest BCUT2D eigenvalue weighted by molar-refractivity contribution is 6.31. The summed E-state index contributed by atoms with van der Waals surface area (Å²) in [5, 5.41) is 4.75. The molecule has 26 heavy (non-hydrogen) atoms. The lowest BCUT2D eigenvalue weighted by Crippen LogP contribution is -2.35. The van der Waals surface area contributed by atoms with E-state index in [2.05, 4.69) is 5.10 Å². The van der Waals surface area contributed by atoms with Crippen molar-refractivity contribution in [2.24, 2.45) is 0 Å². The van der Waals surface area contributed by atoms with E-state index in [9.17, 15) is 13.6 Å². The predicted molar refractivity (Wildman–Crippen MR) is 93.4 cm³/mol. The Morgan fingerprint density at radius 3 is 2.85 bits per heavy atom. The Morgan fingerprint density at radius 2 is 2.04 bits per heavy atom. The lowest BCUT2D eigenvalue weighted by Gasteiger charge is -2.29. The molecule has 0 saturated carbocycles. The molecule has 1 aliphatic heterocycles. The van der Waals surface area contributed by atoms with Crippen molar-refractivity contribution in [2.45, 2.75) is 13.0 Å². The number of aromatic nitrogens is 2. The van der Waals surface area contributed by atoms with Crippen LogP contribution >= 0.6 is 11.6 Å². The molecular weight excluding hydrogens is 360 g/mol. The van der Waals surface area contributed by atoms with Gasteiger partial charge in [-0.15, -0.1) is 0 Å². The third kappa shape index (κ3) is 2.97. The van der Waals surface area contributed by atoms with Crippen molar-refractivity contribution in [1.29, 1.82) is 0 Å². The van der Waals surface area contributed by atoms with E-state index in [1.807, 2.05) is 18.2 Å².